The molecule has 0 saturated heterocycles. The Bertz CT molecular complexity index is 562. The third-order valence-electron chi connectivity index (χ3n) is 3.77. The van der Waals surface area contributed by atoms with Crippen molar-refractivity contribution in [1.29, 1.82) is 0 Å². The number of aromatic nitrogens is 2. The molecular weight excluding hydrogens is 238 g/mol. The monoisotopic (exact) mass is 257 g/mol. The van der Waals surface area contributed by atoms with Gasteiger partial charge in [-0.05, 0) is 24.8 Å². The molecule has 1 aliphatic carbocycles. The lowest BCUT2D eigenvalue weighted by molar-refractivity contribution is 0.155. The van der Waals surface area contributed by atoms with Crippen molar-refractivity contribution in [3.05, 3.63) is 52.8 Å². The van der Waals surface area contributed by atoms with Gasteiger partial charge in [-0.25, -0.2) is 0 Å². The molecule has 0 bridgehead atoms. The highest BCUT2D eigenvalue weighted by Crippen LogP contribution is 2.32. The minimum Gasteiger partial charge on any atom is -0.388 e. The lowest BCUT2D eigenvalue weighted by atomic mass is 9.93. The van der Waals surface area contributed by atoms with Crippen LogP contribution in [0.1, 0.15) is 41.5 Å². The first-order chi connectivity index (χ1) is 9.29. The Balaban J connectivity index is 1.98. The van der Waals surface area contributed by atoms with Crippen molar-refractivity contribution in [2.75, 3.05) is 0 Å². The number of aliphatic hydroxyl groups is 1. The summed E-state index contributed by atoms with van der Waals surface area (Å²) in [4.78, 5) is 0. The fourth-order valence-corrected chi connectivity index (χ4v) is 2.86. The molecule has 0 radical (unpaired) electrons. The minimum atomic E-state index is -0.396. The number of nitrogens with two attached hydrogens (primary N) is 1. The van der Waals surface area contributed by atoms with Crippen molar-refractivity contribution in [2.24, 2.45) is 5.73 Å². The van der Waals surface area contributed by atoms with E-state index < -0.39 is 6.10 Å². The number of fused-ring (bicyclic) bond motifs is 1. The maximum atomic E-state index is 10.1. The van der Waals surface area contributed by atoms with Gasteiger partial charge in [-0.2, -0.15) is 5.10 Å². The predicted molar refractivity (Wildman–Crippen MR) is 73.6 cm³/mol. The number of nitrogens with zero attached hydrogens (tertiary/aromatic N) is 2. The second-order valence-electron chi connectivity index (χ2n) is 5.06. The SMILES string of the molecule is NCc1nn(Cc2ccccc2)c2c1C(O)CCC2. The number of hydrogen-bond acceptors (Lipinski definition) is 3. The van der Waals surface area contributed by atoms with Gasteiger partial charge in [0.25, 0.3) is 0 Å². The summed E-state index contributed by atoms with van der Waals surface area (Å²) in [6, 6.07) is 10.3. The average Bonchev–Trinajstić information content (AvgIpc) is 2.80. The fraction of sp³-hybridized carbons (Fsp3) is 0.400. The summed E-state index contributed by atoms with van der Waals surface area (Å²) in [6.45, 7) is 1.14. The van der Waals surface area contributed by atoms with Crippen LogP contribution in [0, 0.1) is 0 Å². The van der Waals surface area contributed by atoms with Crippen LogP contribution in [0.4, 0.5) is 0 Å². The van der Waals surface area contributed by atoms with Gasteiger partial charge in [0.2, 0.25) is 0 Å². The van der Waals surface area contributed by atoms with Gasteiger partial charge in [-0.1, -0.05) is 30.3 Å². The van der Waals surface area contributed by atoms with E-state index in [1.54, 1.807) is 0 Å². The number of benzene rings is 1. The highest BCUT2D eigenvalue weighted by atomic mass is 16.3. The van der Waals surface area contributed by atoms with Gasteiger partial charge < -0.3 is 10.8 Å². The van der Waals surface area contributed by atoms with E-state index in [2.05, 4.69) is 17.2 Å². The normalized spacial score (nSPS) is 18.3. The van der Waals surface area contributed by atoms with Crippen LogP contribution in [0.3, 0.4) is 0 Å². The molecule has 0 amide bonds. The van der Waals surface area contributed by atoms with Crippen LogP contribution >= 0.6 is 0 Å². The van der Waals surface area contributed by atoms with Gasteiger partial charge in [-0.15, -0.1) is 0 Å². The molecular formula is C15H19N3O. The number of rotatable bonds is 3. The Labute approximate surface area is 112 Å². The topological polar surface area (TPSA) is 64.1 Å². The molecule has 0 aliphatic heterocycles. The van der Waals surface area contributed by atoms with E-state index >= 15 is 0 Å². The summed E-state index contributed by atoms with van der Waals surface area (Å²) in [5.74, 6) is 0. The lowest BCUT2D eigenvalue weighted by Gasteiger charge is -2.19. The van der Waals surface area contributed by atoms with Crippen LogP contribution in [-0.4, -0.2) is 14.9 Å². The summed E-state index contributed by atoms with van der Waals surface area (Å²) >= 11 is 0. The maximum Gasteiger partial charge on any atom is 0.0826 e. The first-order valence-electron chi connectivity index (χ1n) is 6.80. The highest BCUT2D eigenvalue weighted by Gasteiger charge is 2.26. The van der Waals surface area contributed by atoms with Gasteiger partial charge in [-0.3, -0.25) is 4.68 Å². The maximum absolute atomic E-state index is 10.1. The van der Waals surface area contributed by atoms with Gasteiger partial charge in [0.15, 0.2) is 0 Å². The average molecular weight is 257 g/mol. The van der Waals surface area contributed by atoms with E-state index in [1.165, 1.54) is 5.56 Å². The first-order valence-corrected chi connectivity index (χ1v) is 6.80. The van der Waals surface area contributed by atoms with Crippen molar-refractivity contribution in [3.8, 4) is 0 Å². The van der Waals surface area contributed by atoms with Crippen molar-refractivity contribution in [2.45, 2.75) is 38.5 Å². The summed E-state index contributed by atoms with van der Waals surface area (Å²) in [7, 11) is 0. The summed E-state index contributed by atoms with van der Waals surface area (Å²) in [6.07, 6.45) is 2.41. The molecule has 0 fully saturated rings. The molecule has 100 valence electrons. The second-order valence-corrected chi connectivity index (χ2v) is 5.06. The van der Waals surface area contributed by atoms with Crippen LogP contribution in [0.5, 0.6) is 0 Å². The van der Waals surface area contributed by atoms with E-state index in [0.717, 1.165) is 42.8 Å². The van der Waals surface area contributed by atoms with E-state index in [-0.39, 0.29) is 0 Å². The first kappa shape index (κ1) is 12.4. The smallest absolute Gasteiger partial charge is 0.0826 e. The van der Waals surface area contributed by atoms with Crippen molar-refractivity contribution in [1.82, 2.24) is 9.78 Å². The molecule has 2 aromatic rings. The summed E-state index contributed by atoms with van der Waals surface area (Å²) < 4.78 is 2.01. The van der Waals surface area contributed by atoms with E-state index in [1.807, 2.05) is 22.9 Å². The fourth-order valence-electron chi connectivity index (χ4n) is 2.86. The molecule has 3 N–H and O–H groups in total. The Morgan fingerprint density at radius 2 is 2.11 bits per heavy atom. The molecule has 0 saturated carbocycles. The molecule has 1 aromatic heterocycles. The van der Waals surface area contributed by atoms with E-state index in [0.29, 0.717) is 6.54 Å². The van der Waals surface area contributed by atoms with Crippen LogP contribution in [0.15, 0.2) is 30.3 Å². The zero-order chi connectivity index (χ0) is 13.2. The Kier molecular flexibility index (Phi) is 3.36. The molecule has 1 heterocycles. The predicted octanol–water partition coefficient (Wildman–Crippen LogP) is 1.76. The van der Waals surface area contributed by atoms with Crippen LogP contribution < -0.4 is 5.73 Å². The van der Waals surface area contributed by atoms with Gasteiger partial charge >= 0.3 is 0 Å². The van der Waals surface area contributed by atoms with Crippen LogP contribution in [-0.2, 0) is 19.5 Å². The Morgan fingerprint density at radius 3 is 2.84 bits per heavy atom. The molecule has 1 atom stereocenters. The van der Waals surface area contributed by atoms with Gasteiger partial charge in [0.05, 0.1) is 18.3 Å². The van der Waals surface area contributed by atoms with Gasteiger partial charge in [0, 0.05) is 17.8 Å². The van der Waals surface area contributed by atoms with Crippen molar-refractivity contribution >= 4 is 0 Å². The molecule has 1 unspecified atom stereocenters. The molecule has 3 rings (SSSR count). The molecule has 1 aliphatic rings. The summed E-state index contributed by atoms with van der Waals surface area (Å²) in [5, 5.41) is 14.7. The number of aliphatic hydroxyl groups excluding tert-OH is 1. The van der Waals surface area contributed by atoms with Gasteiger partial charge in [0.1, 0.15) is 0 Å². The largest absolute Gasteiger partial charge is 0.388 e. The molecule has 1 aromatic carbocycles. The molecule has 4 nitrogen and oxygen atoms in total. The third kappa shape index (κ3) is 2.29. The Hall–Kier alpha value is -1.65. The standard InChI is InChI=1S/C15H19N3O/c16-9-12-15-13(7-4-8-14(15)19)18(17-12)10-11-5-2-1-3-6-11/h1-3,5-6,14,19H,4,7-10,16H2. The Morgan fingerprint density at radius 1 is 1.32 bits per heavy atom. The van der Waals surface area contributed by atoms with Crippen LogP contribution in [0.2, 0.25) is 0 Å². The van der Waals surface area contributed by atoms with Crippen LogP contribution in [0.25, 0.3) is 0 Å². The van der Waals surface area contributed by atoms with Crippen molar-refractivity contribution < 1.29 is 5.11 Å². The highest BCUT2D eigenvalue weighted by molar-refractivity contribution is 5.32. The van der Waals surface area contributed by atoms with E-state index in [4.69, 9.17) is 5.73 Å². The summed E-state index contributed by atoms with van der Waals surface area (Å²) in [5.41, 5.74) is 9.95. The second kappa shape index (κ2) is 5.15. The minimum absolute atomic E-state index is 0.390. The number of hydrogen-bond donors (Lipinski definition) is 2. The van der Waals surface area contributed by atoms with E-state index in [9.17, 15) is 5.11 Å². The zero-order valence-corrected chi connectivity index (χ0v) is 10.9. The molecule has 4 heteroatoms. The quantitative estimate of drug-likeness (QED) is 0.880. The van der Waals surface area contributed by atoms with Crippen molar-refractivity contribution in [3.63, 3.8) is 0 Å². The molecule has 19 heavy (non-hydrogen) atoms. The third-order valence-corrected chi connectivity index (χ3v) is 3.77. The zero-order valence-electron chi connectivity index (χ0n) is 10.9. The molecule has 0 spiro atoms. The lowest BCUT2D eigenvalue weighted by Crippen LogP contribution is -2.13.